The van der Waals surface area contributed by atoms with Gasteiger partial charge in [-0.25, -0.2) is 0 Å². The second kappa shape index (κ2) is 14.7. The number of hydrogen-bond acceptors (Lipinski definition) is 5. The Hall–Kier alpha value is -1.21. The van der Waals surface area contributed by atoms with Crippen LogP contribution in [-0.2, 0) is 11.3 Å². The molecule has 0 radical (unpaired) electrons. The van der Waals surface area contributed by atoms with Crippen LogP contribution in [0.15, 0.2) is 18.2 Å². The van der Waals surface area contributed by atoms with Crippen molar-refractivity contribution in [1.82, 2.24) is 9.80 Å². The lowest BCUT2D eigenvalue weighted by molar-refractivity contribution is -0.133. The highest BCUT2D eigenvalue weighted by atomic mass is 35.5. The Kier molecular flexibility index (Phi) is 14.1. The van der Waals surface area contributed by atoms with Gasteiger partial charge >= 0.3 is 0 Å². The van der Waals surface area contributed by atoms with Crippen molar-refractivity contribution in [3.8, 4) is 11.5 Å². The molecule has 1 saturated heterocycles. The fraction of sp³-hybridized carbons (Fsp3) is 0.650. The van der Waals surface area contributed by atoms with Crippen molar-refractivity contribution < 1.29 is 14.3 Å². The van der Waals surface area contributed by atoms with Gasteiger partial charge in [-0.15, -0.1) is 24.8 Å². The Labute approximate surface area is 181 Å². The summed E-state index contributed by atoms with van der Waals surface area (Å²) < 4.78 is 10.8. The van der Waals surface area contributed by atoms with Crippen LogP contribution in [-0.4, -0.2) is 62.7 Å². The van der Waals surface area contributed by atoms with Crippen LogP contribution in [0.3, 0.4) is 0 Å². The molecule has 0 atom stereocenters. The topological polar surface area (TPSA) is 68.0 Å². The number of carbonyl (C=O) groups excluding carboxylic acids is 1. The largest absolute Gasteiger partial charge is 0.497 e. The minimum absolute atomic E-state index is 0. The fourth-order valence-electron chi connectivity index (χ4n) is 3.33. The van der Waals surface area contributed by atoms with Gasteiger partial charge in [0.25, 0.3) is 0 Å². The molecule has 1 aliphatic heterocycles. The van der Waals surface area contributed by atoms with Crippen molar-refractivity contribution >= 4 is 30.7 Å². The van der Waals surface area contributed by atoms with Crippen molar-refractivity contribution in [2.45, 2.75) is 38.6 Å². The molecule has 0 unspecified atom stereocenters. The zero-order valence-corrected chi connectivity index (χ0v) is 18.7. The van der Waals surface area contributed by atoms with Crippen molar-refractivity contribution in [3.05, 3.63) is 23.8 Å². The lowest BCUT2D eigenvalue weighted by Gasteiger charge is -2.35. The third-order valence-electron chi connectivity index (χ3n) is 4.95. The number of piperazine rings is 1. The molecule has 1 fully saturated rings. The zero-order chi connectivity index (χ0) is 18.8. The molecule has 28 heavy (non-hydrogen) atoms. The molecule has 162 valence electrons. The Bertz CT molecular complexity index is 568. The predicted octanol–water partition coefficient (Wildman–Crippen LogP) is 3.10. The summed E-state index contributed by atoms with van der Waals surface area (Å²) in [5, 5.41) is 0. The maximum absolute atomic E-state index is 12.3. The van der Waals surface area contributed by atoms with Crippen LogP contribution < -0.4 is 15.2 Å². The Morgan fingerprint density at radius 1 is 1.00 bits per heavy atom. The van der Waals surface area contributed by atoms with Crippen LogP contribution in [0.25, 0.3) is 0 Å². The van der Waals surface area contributed by atoms with Gasteiger partial charge in [0.1, 0.15) is 11.5 Å². The summed E-state index contributed by atoms with van der Waals surface area (Å²) in [5.74, 6) is 2.00. The van der Waals surface area contributed by atoms with Crippen LogP contribution in [0, 0.1) is 0 Å². The summed E-state index contributed by atoms with van der Waals surface area (Å²) in [6.07, 6.45) is 4.91. The van der Waals surface area contributed by atoms with Crippen LogP contribution in [0.5, 0.6) is 11.5 Å². The minimum atomic E-state index is 0. The first-order valence-electron chi connectivity index (χ1n) is 9.59. The molecule has 8 heteroatoms. The van der Waals surface area contributed by atoms with E-state index < -0.39 is 0 Å². The van der Waals surface area contributed by atoms with Gasteiger partial charge < -0.3 is 20.1 Å². The number of carbonyl (C=O) groups is 1. The number of nitrogens with zero attached hydrogens (tertiary/aromatic N) is 2. The smallest absolute Gasteiger partial charge is 0.222 e. The van der Waals surface area contributed by atoms with Crippen LogP contribution in [0.1, 0.15) is 37.7 Å². The minimum Gasteiger partial charge on any atom is -0.497 e. The van der Waals surface area contributed by atoms with E-state index in [-0.39, 0.29) is 30.7 Å². The first-order valence-corrected chi connectivity index (χ1v) is 9.59. The zero-order valence-electron chi connectivity index (χ0n) is 17.0. The Balaban J connectivity index is 0.00000364. The summed E-state index contributed by atoms with van der Waals surface area (Å²) in [6, 6.07) is 5.88. The lowest BCUT2D eigenvalue weighted by Crippen LogP contribution is -2.48. The van der Waals surface area contributed by atoms with E-state index in [4.69, 9.17) is 15.2 Å². The molecule has 2 N–H and O–H groups in total. The Morgan fingerprint density at radius 2 is 1.68 bits per heavy atom. The summed E-state index contributed by atoms with van der Waals surface area (Å²) >= 11 is 0. The molecule has 1 amide bonds. The molecular weight excluding hydrogens is 401 g/mol. The van der Waals surface area contributed by atoms with Crippen LogP contribution >= 0.6 is 24.8 Å². The molecule has 2 rings (SSSR count). The Morgan fingerprint density at radius 3 is 2.29 bits per heavy atom. The molecule has 0 bridgehead atoms. The predicted molar refractivity (Wildman–Crippen MR) is 118 cm³/mol. The first-order chi connectivity index (χ1) is 12.7. The van der Waals surface area contributed by atoms with Crippen molar-refractivity contribution in [2.24, 2.45) is 5.73 Å². The van der Waals surface area contributed by atoms with Crippen molar-refractivity contribution in [2.75, 3.05) is 46.9 Å². The average molecular weight is 436 g/mol. The maximum atomic E-state index is 12.3. The SMILES string of the molecule is COc1ccc(OC)c(CN2CCN(C(=O)CCCCCCN)CC2)c1.Cl.Cl. The van der Waals surface area contributed by atoms with Gasteiger partial charge in [0.15, 0.2) is 0 Å². The van der Waals surface area contributed by atoms with E-state index in [1.807, 2.05) is 23.1 Å². The maximum Gasteiger partial charge on any atom is 0.222 e. The van der Waals surface area contributed by atoms with Crippen molar-refractivity contribution in [1.29, 1.82) is 0 Å². The van der Waals surface area contributed by atoms with Crippen LogP contribution in [0.4, 0.5) is 0 Å². The van der Waals surface area contributed by atoms with E-state index in [1.165, 1.54) is 0 Å². The normalized spacial score (nSPS) is 14.0. The highest BCUT2D eigenvalue weighted by molar-refractivity contribution is 5.85. The number of unbranched alkanes of at least 4 members (excludes halogenated alkanes) is 3. The van der Waals surface area contributed by atoms with Gasteiger partial charge in [0, 0.05) is 44.7 Å². The fourth-order valence-corrected chi connectivity index (χ4v) is 3.33. The van der Waals surface area contributed by atoms with E-state index in [1.54, 1.807) is 14.2 Å². The molecular formula is C20H35Cl2N3O3. The van der Waals surface area contributed by atoms with Gasteiger partial charge in [0.05, 0.1) is 14.2 Å². The molecule has 0 aromatic heterocycles. The second-order valence-corrected chi connectivity index (χ2v) is 6.79. The highest BCUT2D eigenvalue weighted by Gasteiger charge is 2.21. The van der Waals surface area contributed by atoms with Gasteiger partial charge in [-0.2, -0.15) is 0 Å². The number of rotatable bonds is 10. The number of ether oxygens (including phenoxy) is 2. The summed E-state index contributed by atoms with van der Waals surface area (Å²) in [7, 11) is 3.36. The molecule has 1 aromatic rings. The summed E-state index contributed by atoms with van der Waals surface area (Å²) in [6.45, 7) is 4.93. The number of hydrogen-bond donors (Lipinski definition) is 1. The third kappa shape index (κ3) is 8.43. The molecule has 6 nitrogen and oxygen atoms in total. The van der Waals surface area contributed by atoms with Gasteiger partial charge in [-0.05, 0) is 37.6 Å². The standard InChI is InChI=1S/C20H33N3O3.2ClH/c1-25-18-8-9-19(26-2)17(15-18)16-22-11-13-23(14-12-22)20(24)7-5-3-4-6-10-21;;/h8-9,15H,3-7,10-14,16,21H2,1-2H3;2*1H. The summed E-state index contributed by atoms with van der Waals surface area (Å²) in [4.78, 5) is 16.7. The lowest BCUT2D eigenvalue weighted by atomic mass is 10.1. The molecule has 0 aliphatic carbocycles. The van der Waals surface area contributed by atoms with E-state index in [2.05, 4.69) is 4.90 Å². The highest BCUT2D eigenvalue weighted by Crippen LogP contribution is 2.25. The van der Waals surface area contributed by atoms with Crippen LogP contribution in [0.2, 0.25) is 0 Å². The number of amides is 1. The molecule has 0 saturated carbocycles. The van der Waals surface area contributed by atoms with E-state index >= 15 is 0 Å². The van der Waals surface area contributed by atoms with Gasteiger partial charge in [-0.3, -0.25) is 9.69 Å². The molecule has 1 heterocycles. The van der Waals surface area contributed by atoms with Gasteiger partial charge in [-0.1, -0.05) is 12.8 Å². The summed E-state index contributed by atoms with van der Waals surface area (Å²) in [5.41, 5.74) is 6.61. The number of methoxy groups -OCH3 is 2. The molecule has 1 aromatic carbocycles. The van der Waals surface area contributed by atoms with E-state index in [0.29, 0.717) is 6.42 Å². The van der Waals surface area contributed by atoms with E-state index in [0.717, 1.165) is 82.0 Å². The quantitative estimate of drug-likeness (QED) is 0.571. The van der Waals surface area contributed by atoms with E-state index in [9.17, 15) is 4.79 Å². The molecule has 1 aliphatic rings. The average Bonchev–Trinajstić information content (AvgIpc) is 2.68. The monoisotopic (exact) mass is 435 g/mol. The number of nitrogens with two attached hydrogens (primary N) is 1. The third-order valence-corrected chi connectivity index (χ3v) is 4.95. The second-order valence-electron chi connectivity index (χ2n) is 6.79. The number of halogens is 2. The molecule has 0 spiro atoms. The number of benzene rings is 1. The van der Waals surface area contributed by atoms with Crippen molar-refractivity contribution in [3.63, 3.8) is 0 Å². The first kappa shape index (κ1) is 26.8. The van der Waals surface area contributed by atoms with Gasteiger partial charge in [0.2, 0.25) is 5.91 Å².